The van der Waals surface area contributed by atoms with Gasteiger partial charge in [-0.3, -0.25) is 4.79 Å². The Kier molecular flexibility index (Phi) is 5.91. The van der Waals surface area contributed by atoms with Gasteiger partial charge >= 0.3 is 0 Å². The highest BCUT2D eigenvalue weighted by Crippen LogP contribution is 2.22. The molecule has 24 heavy (non-hydrogen) atoms. The number of rotatable bonds is 5. The quantitative estimate of drug-likeness (QED) is 0.799. The van der Waals surface area contributed by atoms with Crippen molar-refractivity contribution in [2.24, 2.45) is 0 Å². The van der Waals surface area contributed by atoms with Gasteiger partial charge in [-0.25, -0.2) is 8.42 Å². The van der Waals surface area contributed by atoms with Crippen LogP contribution >= 0.6 is 23.2 Å². The van der Waals surface area contributed by atoms with Crippen molar-refractivity contribution in [2.45, 2.75) is 29.0 Å². The molecule has 128 valence electrons. The Morgan fingerprint density at radius 1 is 0.917 bits per heavy atom. The third-order valence-corrected chi connectivity index (χ3v) is 6.29. The summed E-state index contributed by atoms with van der Waals surface area (Å²) in [6.45, 7) is 3.73. The summed E-state index contributed by atoms with van der Waals surface area (Å²) < 4.78 is 25.4. The van der Waals surface area contributed by atoms with Crippen molar-refractivity contribution in [2.75, 3.05) is 0 Å². The van der Waals surface area contributed by atoms with Gasteiger partial charge in [-0.1, -0.05) is 35.4 Å². The van der Waals surface area contributed by atoms with Gasteiger partial charge in [0, 0.05) is 5.56 Å². The fourth-order valence-electron chi connectivity index (χ4n) is 2.07. The molecule has 7 heteroatoms. The topological polar surface area (TPSA) is 63.2 Å². The number of carbonyl (C=O) groups is 1. The van der Waals surface area contributed by atoms with E-state index in [1.54, 1.807) is 36.4 Å². The molecule has 2 aromatic carbocycles. The third-order valence-electron chi connectivity index (χ3n) is 3.50. The van der Waals surface area contributed by atoms with E-state index >= 15 is 0 Å². The second kappa shape index (κ2) is 7.55. The van der Waals surface area contributed by atoms with Crippen LogP contribution in [0.1, 0.15) is 21.5 Å². The summed E-state index contributed by atoms with van der Waals surface area (Å²) >= 11 is 11.7. The van der Waals surface area contributed by atoms with E-state index in [9.17, 15) is 13.2 Å². The Balaban J connectivity index is 2.30. The predicted octanol–water partition coefficient (Wildman–Crippen LogP) is 3.64. The molecule has 2 aromatic rings. The maximum atomic E-state index is 12.7. The average Bonchev–Trinajstić information content (AvgIpc) is 2.53. The molecule has 0 aliphatic heterocycles. The SMILES string of the molecule is Cc1ccc(C(=O)NC(C(Cl)Cl)S(=O)(=O)c2ccc(C)cc2)cc1. The van der Waals surface area contributed by atoms with E-state index in [1.165, 1.54) is 12.1 Å². The van der Waals surface area contributed by atoms with Crippen LogP contribution in [0.5, 0.6) is 0 Å². The summed E-state index contributed by atoms with van der Waals surface area (Å²) in [5, 5.41) is 0.968. The second-order valence-electron chi connectivity index (χ2n) is 5.45. The minimum atomic E-state index is -3.92. The van der Waals surface area contributed by atoms with Crippen molar-refractivity contribution in [1.29, 1.82) is 0 Å². The van der Waals surface area contributed by atoms with Crippen LogP contribution in [0.2, 0.25) is 0 Å². The zero-order chi connectivity index (χ0) is 17.9. The zero-order valence-electron chi connectivity index (χ0n) is 13.2. The number of carbonyl (C=O) groups excluding carboxylic acids is 1. The minimum Gasteiger partial charge on any atom is -0.333 e. The van der Waals surface area contributed by atoms with Gasteiger partial charge in [0.05, 0.1) is 4.90 Å². The molecular weight excluding hydrogens is 369 g/mol. The Bertz CT molecular complexity index is 816. The van der Waals surface area contributed by atoms with Crippen molar-refractivity contribution < 1.29 is 13.2 Å². The van der Waals surface area contributed by atoms with Crippen molar-refractivity contribution in [3.8, 4) is 0 Å². The standard InChI is InChI=1S/C17H17Cl2NO3S/c1-11-3-7-13(8-4-11)16(21)20-17(15(18)19)24(22,23)14-9-5-12(2)6-10-14/h3-10,15,17H,1-2H3,(H,20,21). The van der Waals surface area contributed by atoms with Crippen LogP contribution in [-0.2, 0) is 9.84 Å². The first-order chi connectivity index (χ1) is 11.2. The largest absolute Gasteiger partial charge is 0.333 e. The Hall–Kier alpha value is -1.56. The average molecular weight is 386 g/mol. The number of nitrogens with one attached hydrogen (secondary N) is 1. The summed E-state index contributed by atoms with van der Waals surface area (Å²) in [4.78, 5) is 11.0. The molecule has 0 fully saturated rings. The van der Waals surface area contributed by atoms with Crippen molar-refractivity contribution in [1.82, 2.24) is 5.32 Å². The number of halogens is 2. The summed E-state index contributed by atoms with van der Waals surface area (Å²) in [7, 11) is -3.92. The number of benzene rings is 2. The van der Waals surface area contributed by atoms with E-state index in [4.69, 9.17) is 23.2 Å². The molecule has 0 saturated carbocycles. The lowest BCUT2D eigenvalue weighted by Crippen LogP contribution is -2.45. The summed E-state index contributed by atoms with van der Waals surface area (Å²) in [5.74, 6) is -0.554. The van der Waals surface area contributed by atoms with Crippen LogP contribution in [0.3, 0.4) is 0 Å². The Labute approximate surface area is 151 Å². The fraction of sp³-hybridized carbons (Fsp3) is 0.235. The Morgan fingerprint density at radius 3 is 1.83 bits per heavy atom. The zero-order valence-corrected chi connectivity index (χ0v) is 15.5. The molecule has 0 heterocycles. The second-order valence-corrected chi connectivity index (χ2v) is 8.69. The third kappa shape index (κ3) is 4.29. The van der Waals surface area contributed by atoms with Crippen molar-refractivity contribution in [3.05, 3.63) is 65.2 Å². The number of alkyl halides is 2. The molecule has 0 saturated heterocycles. The van der Waals surface area contributed by atoms with E-state index in [-0.39, 0.29) is 4.90 Å². The van der Waals surface area contributed by atoms with Crippen molar-refractivity contribution >= 4 is 38.9 Å². The van der Waals surface area contributed by atoms with Gasteiger partial charge in [-0.05, 0) is 38.1 Å². The molecule has 0 aliphatic carbocycles. The molecule has 0 radical (unpaired) electrons. The molecular formula is C17H17Cl2NO3S. The highest BCUT2D eigenvalue weighted by atomic mass is 35.5. The highest BCUT2D eigenvalue weighted by molar-refractivity contribution is 7.92. The molecule has 1 atom stereocenters. The highest BCUT2D eigenvalue weighted by Gasteiger charge is 2.34. The summed E-state index contributed by atoms with van der Waals surface area (Å²) in [6, 6.07) is 13.0. The monoisotopic (exact) mass is 385 g/mol. The van der Waals surface area contributed by atoms with Gasteiger partial charge in [-0.2, -0.15) is 0 Å². The van der Waals surface area contributed by atoms with Gasteiger partial charge in [0.25, 0.3) is 5.91 Å². The lowest BCUT2D eigenvalue weighted by atomic mass is 10.1. The lowest BCUT2D eigenvalue weighted by Gasteiger charge is -2.20. The molecule has 1 unspecified atom stereocenters. The first-order valence-electron chi connectivity index (χ1n) is 7.18. The van der Waals surface area contributed by atoms with Crippen LogP contribution in [0.25, 0.3) is 0 Å². The lowest BCUT2D eigenvalue weighted by molar-refractivity contribution is 0.0949. The van der Waals surface area contributed by atoms with Crippen LogP contribution in [0.4, 0.5) is 0 Å². The predicted molar refractivity (Wildman–Crippen MR) is 96.3 cm³/mol. The molecule has 0 aromatic heterocycles. The number of sulfone groups is 1. The van der Waals surface area contributed by atoms with Gasteiger partial charge in [0.1, 0.15) is 4.84 Å². The Morgan fingerprint density at radius 2 is 1.38 bits per heavy atom. The van der Waals surface area contributed by atoms with E-state index in [0.29, 0.717) is 5.56 Å². The molecule has 2 rings (SSSR count). The molecule has 1 N–H and O–H groups in total. The molecule has 0 aliphatic rings. The van der Waals surface area contributed by atoms with Gasteiger partial charge < -0.3 is 5.32 Å². The molecule has 0 spiro atoms. The smallest absolute Gasteiger partial charge is 0.252 e. The van der Waals surface area contributed by atoms with E-state index in [0.717, 1.165) is 11.1 Å². The molecule has 1 amide bonds. The van der Waals surface area contributed by atoms with Gasteiger partial charge in [0.15, 0.2) is 5.37 Å². The first-order valence-corrected chi connectivity index (χ1v) is 9.60. The molecule has 4 nitrogen and oxygen atoms in total. The van der Waals surface area contributed by atoms with Crippen LogP contribution in [-0.4, -0.2) is 24.5 Å². The number of aryl methyl sites for hydroxylation is 2. The van der Waals surface area contributed by atoms with E-state index in [1.807, 2.05) is 13.8 Å². The number of hydrogen-bond donors (Lipinski definition) is 1. The fourth-order valence-corrected chi connectivity index (χ4v) is 4.35. The van der Waals surface area contributed by atoms with Crippen LogP contribution in [0.15, 0.2) is 53.4 Å². The van der Waals surface area contributed by atoms with Gasteiger partial charge in [0.2, 0.25) is 9.84 Å². The first kappa shape index (κ1) is 18.8. The van der Waals surface area contributed by atoms with E-state index in [2.05, 4.69) is 5.32 Å². The normalized spacial score (nSPS) is 12.9. The van der Waals surface area contributed by atoms with Crippen molar-refractivity contribution in [3.63, 3.8) is 0 Å². The maximum Gasteiger partial charge on any atom is 0.252 e. The maximum absolute atomic E-state index is 12.7. The van der Waals surface area contributed by atoms with Crippen LogP contribution in [0, 0.1) is 13.8 Å². The number of amides is 1. The van der Waals surface area contributed by atoms with Crippen LogP contribution < -0.4 is 5.32 Å². The van der Waals surface area contributed by atoms with E-state index < -0.39 is 26.0 Å². The van der Waals surface area contributed by atoms with Gasteiger partial charge in [-0.15, -0.1) is 23.2 Å². The summed E-state index contributed by atoms with van der Waals surface area (Å²) in [6.07, 6.45) is 0. The molecule has 0 bridgehead atoms. The number of hydrogen-bond acceptors (Lipinski definition) is 3. The minimum absolute atomic E-state index is 0.0496. The summed E-state index contributed by atoms with van der Waals surface area (Å²) in [5.41, 5.74) is 2.24.